The maximum Gasteiger partial charge on any atom is 0.271 e. The summed E-state index contributed by atoms with van der Waals surface area (Å²) in [6, 6.07) is 6.81. The van der Waals surface area contributed by atoms with Crippen LogP contribution in [0.2, 0.25) is 5.02 Å². The summed E-state index contributed by atoms with van der Waals surface area (Å²) in [5, 5.41) is 12.6. The van der Waals surface area contributed by atoms with Crippen LogP contribution in [0.15, 0.2) is 48.8 Å². The molecule has 2 amide bonds. The first-order chi connectivity index (χ1) is 14.9. The Labute approximate surface area is 178 Å². The second-order valence-corrected chi connectivity index (χ2v) is 7.34. The van der Waals surface area contributed by atoms with Gasteiger partial charge in [-0.3, -0.25) is 19.7 Å². The van der Waals surface area contributed by atoms with E-state index >= 15 is 0 Å². The molecule has 2 aromatic heterocycles. The second kappa shape index (κ2) is 7.13. The van der Waals surface area contributed by atoms with E-state index in [2.05, 4.69) is 25.8 Å². The third-order valence-corrected chi connectivity index (χ3v) is 5.39. The number of pyridine rings is 1. The molecule has 1 atom stereocenters. The van der Waals surface area contributed by atoms with Crippen molar-refractivity contribution in [1.82, 2.24) is 20.5 Å². The van der Waals surface area contributed by atoms with Crippen LogP contribution in [0.5, 0.6) is 0 Å². The Morgan fingerprint density at radius 1 is 1.13 bits per heavy atom. The Kier molecular flexibility index (Phi) is 4.40. The van der Waals surface area contributed by atoms with Crippen LogP contribution in [0, 0.1) is 11.6 Å². The summed E-state index contributed by atoms with van der Waals surface area (Å²) in [5.41, 5.74) is 1.40. The highest BCUT2D eigenvalue weighted by Gasteiger charge is 2.35. The fourth-order valence-electron chi connectivity index (χ4n) is 3.69. The van der Waals surface area contributed by atoms with Crippen molar-refractivity contribution in [2.75, 3.05) is 5.32 Å². The summed E-state index contributed by atoms with van der Waals surface area (Å²) in [6.07, 6.45) is 2.77. The summed E-state index contributed by atoms with van der Waals surface area (Å²) >= 11 is 6.24. The average Bonchev–Trinajstić information content (AvgIpc) is 3.34. The number of anilines is 1. The largest absolute Gasteiger partial charge is 0.340 e. The zero-order valence-electron chi connectivity index (χ0n) is 15.5. The van der Waals surface area contributed by atoms with Crippen molar-refractivity contribution in [1.29, 1.82) is 0 Å². The number of amides is 2. The number of hydrogen-bond donors (Lipinski definition) is 3. The predicted octanol–water partition coefficient (Wildman–Crippen LogP) is 3.97. The highest BCUT2D eigenvalue weighted by atomic mass is 35.5. The average molecular weight is 440 g/mol. The Morgan fingerprint density at radius 2 is 1.97 bits per heavy atom. The fourth-order valence-corrected chi connectivity index (χ4v) is 3.91. The number of hydrogen-bond acceptors (Lipinski definition) is 4. The molecule has 1 aliphatic rings. The minimum Gasteiger partial charge on any atom is -0.340 e. The van der Waals surface area contributed by atoms with E-state index in [1.165, 1.54) is 42.7 Å². The zero-order valence-corrected chi connectivity index (χ0v) is 16.3. The SMILES string of the molecule is O=C1NC(c2cc(F)ccc2Cl)c2c(NC(=O)c3cc(F)cc4cn[nH]c34)ccnc21. The Hall–Kier alpha value is -3.85. The van der Waals surface area contributed by atoms with Gasteiger partial charge in [-0.2, -0.15) is 5.10 Å². The summed E-state index contributed by atoms with van der Waals surface area (Å²) < 4.78 is 27.8. The maximum absolute atomic E-state index is 14.0. The van der Waals surface area contributed by atoms with E-state index in [9.17, 15) is 18.4 Å². The number of halogens is 3. The number of nitrogens with zero attached hydrogens (tertiary/aromatic N) is 2. The molecule has 0 fully saturated rings. The lowest BCUT2D eigenvalue weighted by Crippen LogP contribution is -2.21. The van der Waals surface area contributed by atoms with Crippen LogP contribution in [0.3, 0.4) is 0 Å². The highest BCUT2D eigenvalue weighted by Crippen LogP contribution is 2.38. The molecule has 0 bridgehead atoms. The quantitative estimate of drug-likeness (QED) is 0.449. The minimum absolute atomic E-state index is 0.0377. The van der Waals surface area contributed by atoms with Gasteiger partial charge in [0.2, 0.25) is 0 Å². The van der Waals surface area contributed by atoms with Crippen molar-refractivity contribution in [2.45, 2.75) is 6.04 Å². The number of nitrogens with one attached hydrogen (secondary N) is 3. The summed E-state index contributed by atoms with van der Waals surface area (Å²) in [4.78, 5) is 29.5. The van der Waals surface area contributed by atoms with Crippen molar-refractivity contribution >= 4 is 40.0 Å². The lowest BCUT2D eigenvalue weighted by atomic mass is 9.98. The molecule has 0 aliphatic carbocycles. The van der Waals surface area contributed by atoms with Gasteiger partial charge in [-0.1, -0.05) is 11.6 Å². The molecular weight excluding hydrogens is 428 g/mol. The third kappa shape index (κ3) is 3.19. The number of fused-ring (bicyclic) bond motifs is 2. The molecular formula is C21H12ClF2N5O2. The van der Waals surface area contributed by atoms with Crippen LogP contribution in [-0.4, -0.2) is 27.0 Å². The lowest BCUT2D eigenvalue weighted by Gasteiger charge is -2.17. The molecule has 1 aliphatic heterocycles. The summed E-state index contributed by atoms with van der Waals surface area (Å²) in [6.45, 7) is 0. The topological polar surface area (TPSA) is 99.8 Å². The van der Waals surface area contributed by atoms with Gasteiger partial charge in [0.15, 0.2) is 0 Å². The van der Waals surface area contributed by atoms with Crippen LogP contribution >= 0.6 is 11.6 Å². The predicted molar refractivity (Wildman–Crippen MR) is 109 cm³/mol. The van der Waals surface area contributed by atoms with Crippen molar-refractivity contribution in [3.63, 3.8) is 0 Å². The van der Waals surface area contributed by atoms with Crippen LogP contribution in [0.25, 0.3) is 10.9 Å². The van der Waals surface area contributed by atoms with Gasteiger partial charge >= 0.3 is 0 Å². The molecule has 7 nitrogen and oxygen atoms in total. The molecule has 3 N–H and O–H groups in total. The van der Waals surface area contributed by atoms with E-state index in [4.69, 9.17) is 11.6 Å². The van der Waals surface area contributed by atoms with Gasteiger partial charge in [0.25, 0.3) is 11.8 Å². The molecule has 31 heavy (non-hydrogen) atoms. The second-order valence-electron chi connectivity index (χ2n) is 6.93. The van der Waals surface area contributed by atoms with Gasteiger partial charge in [0, 0.05) is 27.7 Å². The number of aromatic nitrogens is 3. The van der Waals surface area contributed by atoms with E-state index in [-0.39, 0.29) is 22.0 Å². The fraction of sp³-hybridized carbons (Fsp3) is 0.0476. The van der Waals surface area contributed by atoms with Crippen LogP contribution in [0.4, 0.5) is 14.5 Å². The van der Waals surface area contributed by atoms with Crippen LogP contribution in [-0.2, 0) is 0 Å². The van der Waals surface area contributed by atoms with E-state index in [0.29, 0.717) is 22.0 Å². The van der Waals surface area contributed by atoms with Crippen molar-refractivity contribution in [3.8, 4) is 0 Å². The van der Waals surface area contributed by atoms with Gasteiger partial charge in [-0.15, -0.1) is 0 Å². The summed E-state index contributed by atoms with van der Waals surface area (Å²) in [7, 11) is 0. The van der Waals surface area contributed by atoms with Gasteiger partial charge < -0.3 is 10.6 Å². The Bertz CT molecular complexity index is 1390. The van der Waals surface area contributed by atoms with E-state index < -0.39 is 29.5 Å². The smallest absolute Gasteiger partial charge is 0.271 e. The normalized spacial score (nSPS) is 15.1. The zero-order chi connectivity index (χ0) is 21.7. The Morgan fingerprint density at radius 3 is 2.81 bits per heavy atom. The van der Waals surface area contributed by atoms with Gasteiger partial charge in [-0.05, 0) is 36.4 Å². The van der Waals surface area contributed by atoms with Gasteiger partial charge in [-0.25, -0.2) is 8.78 Å². The first-order valence-corrected chi connectivity index (χ1v) is 9.49. The first-order valence-electron chi connectivity index (χ1n) is 9.11. The van der Waals surface area contributed by atoms with E-state index in [0.717, 1.165) is 6.07 Å². The molecule has 5 rings (SSSR count). The number of carbonyl (C=O) groups excluding carboxylic acids is 2. The van der Waals surface area contributed by atoms with Gasteiger partial charge in [0.05, 0.1) is 29.0 Å². The molecule has 0 saturated heterocycles. The molecule has 0 radical (unpaired) electrons. The van der Waals surface area contributed by atoms with Crippen LogP contribution < -0.4 is 10.6 Å². The number of aromatic amines is 1. The van der Waals surface area contributed by atoms with Crippen LogP contribution in [0.1, 0.15) is 38.0 Å². The first kappa shape index (κ1) is 19.1. The van der Waals surface area contributed by atoms with Crippen molar-refractivity contribution in [2.24, 2.45) is 0 Å². The molecule has 0 saturated carbocycles. The minimum atomic E-state index is -0.825. The van der Waals surface area contributed by atoms with E-state index in [1.807, 2.05) is 0 Å². The molecule has 2 aromatic carbocycles. The number of rotatable bonds is 3. The van der Waals surface area contributed by atoms with E-state index in [1.54, 1.807) is 0 Å². The molecule has 154 valence electrons. The molecule has 4 aromatic rings. The maximum atomic E-state index is 14.0. The summed E-state index contributed by atoms with van der Waals surface area (Å²) in [5.74, 6) is -2.23. The third-order valence-electron chi connectivity index (χ3n) is 5.04. The molecule has 1 unspecified atom stereocenters. The number of carbonyl (C=O) groups is 2. The van der Waals surface area contributed by atoms with Gasteiger partial charge in [0.1, 0.15) is 17.3 Å². The molecule has 0 spiro atoms. The monoisotopic (exact) mass is 439 g/mol. The molecule has 10 heteroatoms. The lowest BCUT2D eigenvalue weighted by molar-refractivity contribution is 0.0955. The Balaban J connectivity index is 1.59. The number of benzene rings is 2. The molecule has 3 heterocycles. The number of H-pyrrole nitrogens is 1. The standard InChI is InChI=1S/C21H12ClF2N5O2/c22-14-2-1-10(23)6-12(14)18-16-15(3-4-25-19(16)21(31)28-18)27-20(30)13-7-11(24)5-9-8-26-29-17(9)13/h1-8,18H,(H,26,29)(H,28,31)(H,25,27,30). The van der Waals surface area contributed by atoms with Crippen molar-refractivity contribution in [3.05, 3.63) is 87.8 Å². The highest BCUT2D eigenvalue weighted by molar-refractivity contribution is 6.31. The van der Waals surface area contributed by atoms with Crippen molar-refractivity contribution < 1.29 is 18.4 Å².